The zero-order valence-corrected chi connectivity index (χ0v) is 17.9. The number of nitrogens with zero attached hydrogens (tertiary/aromatic N) is 2. The Bertz CT molecular complexity index is 974. The zero-order valence-electron chi connectivity index (χ0n) is 14.7. The molecule has 0 aliphatic heterocycles. The summed E-state index contributed by atoms with van der Waals surface area (Å²) in [6.07, 6.45) is 0.900. The van der Waals surface area contributed by atoms with Crippen LogP contribution in [0.3, 0.4) is 0 Å². The number of thiophene rings is 1. The molecule has 1 aliphatic carbocycles. The van der Waals surface area contributed by atoms with Gasteiger partial charge in [-0.15, -0.1) is 21.5 Å². The van der Waals surface area contributed by atoms with Crippen LogP contribution < -0.4 is 5.32 Å². The Morgan fingerprint density at radius 1 is 1.12 bits per heavy atom. The topological polar surface area (TPSA) is 54.9 Å². The maximum atomic E-state index is 12.6. The molecule has 0 bridgehead atoms. The maximum absolute atomic E-state index is 12.6. The molecule has 1 aliphatic rings. The van der Waals surface area contributed by atoms with Gasteiger partial charge in [0.25, 0.3) is 0 Å². The minimum atomic E-state index is 0.0289. The predicted octanol–water partition coefficient (Wildman–Crippen LogP) is 5.70. The van der Waals surface area contributed by atoms with Crippen molar-refractivity contribution in [3.63, 3.8) is 0 Å². The number of hydrogen-bond donors (Lipinski definition) is 1. The number of anilines is 1. The average molecular weight is 448 g/mol. The molecule has 1 fully saturated rings. The van der Waals surface area contributed by atoms with Gasteiger partial charge in [0.2, 0.25) is 11.0 Å². The highest BCUT2D eigenvalue weighted by molar-refractivity contribution is 9.11. The third-order valence-corrected chi connectivity index (χ3v) is 7.27. The molecule has 7 heteroatoms. The molecular formula is C19H18BrN3OS2. The molecule has 1 saturated carbocycles. The first-order chi connectivity index (χ1) is 12.4. The van der Waals surface area contributed by atoms with E-state index >= 15 is 0 Å². The summed E-state index contributed by atoms with van der Waals surface area (Å²) in [5.41, 5.74) is 4.92. The normalized spacial score (nSPS) is 18.8. The number of hydrogen-bond acceptors (Lipinski definition) is 5. The van der Waals surface area contributed by atoms with Gasteiger partial charge in [0, 0.05) is 5.92 Å². The number of benzene rings is 1. The second-order valence-corrected chi connectivity index (χ2v) is 10.2. The van der Waals surface area contributed by atoms with E-state index in [1.165, 1.54) is 28.0 Å². The van der Waals surface area contributed by atoms with E-state index < -0.39 is 0 Å². The molecule has 4 nitrogen and oxygen atoms in total. The van der Waals surface area contributed by atoms with Crippen LogP contribution in [-0.4, -0.2) is 16.1 Å². The van der Waals surface area contributed by atoms with Gasteiger partial charge in [0.05, 0.1) is 8.66 Å². The fraction of sp³-hybridized carbons (Fsp3) is 0.316. The molecule has 26 heavy (non-hydrogen) atoms. The van der Waals surface area contributed by atoms with E-state index in [0.29, 0.717) is 11.0 Å². The van der Waals surface area contributed by atoms with Gasteiger partial charge < -0.3 is 5.32 Å². The Kier molecular flexibility index (Phi) is 4.71. The van der Waals surface area contributed by atoms with Crippen molar-refractivity contribution in [2.45, 2.75) is 33.1 Å². The summed E-state index contributed by atoms with van der Waals surface area (Å²) < 4.78 is 1.07. The lowest BCUT2D eigenvalue weighted by Crippen LogP contribution is -2.14. The standard InChI is InChI=1S/C19H18BrN3OS2/c1-9-4-10(2)6-12(5-9)13-8-14(13)17(24)21-19-23-22-18(26-19)16-11(3)7-15(20)25-16/h4-7,13-14H,8H2,1-3H3,(H,21,23,24). The second kappa shape index (κ2) is 6.87. The van der Waals surface area contributed by atoms with Crippen molar-refractivity contribution in [1.82, 2.24) is 10.2 Å². The van der Waals surface area contributed by atoms with Crippen LogP contribution in [0.2, 0.25) is 0 Å². The monoisotopic (exact) mass is 447 g/mol. The van der Waals surface area contributed by atoms with Gasteiger partial charge in [-0.05, 0) is 66.2 Å². The summed E-state index contributed by atoms with van der Waals surface area (Å²) in [4.78, 5) is 13.7. The number of carbonyl (C=O) groups excluding carboxylic acids is 1. The van der Waals surface area contributed by atoms with E-state index in [4.69, 9.17) is 0 Å². The lowest BCUT2D eigenvalue weighted by Gasteiger charge is -2.04. The molecule has 4 rings (SSSR count). The van der Waals surface area contributed by atoms with E-state index in [1.807, 2.05) is 0 Å². The molecule has 3 aromatic rings. The summed E-state index contributed by atoms with van der Waals surface area (Å²) in [5, 5.41) is 12.7. The SMILES string of the molecule is Cc1cc(C)cc(C2CC2C(=O)Nc2nnc(-c3sc(Br)cc3C)s2)c1. The maximum Gasteiger partial charge on any atom is 0.229 e. The Morgan fingerprint density at radius 3 is 2.50 bits per heavy atom. The minimum absolute atomic E-state index is 0.0289. The molecule has 134 valence electrons. The second-order valence-electron chi connectivity index (χ2n) is 6.83. The minimum Gasteiger partial charge on any atom is -0.300 e. The number of carbonyl (C=O) groups is 1. The van der Waals surface area contributed by atoms with E-state index in [2.05, 4.69) is 76.5 Å². The molecule has 2 aromatic heterocycles. The summed E-state index contributed by atoms with van der Waals surface area (Å²) in [7, 11) is 0. The van der Waals surface area contributed by atoms with Crippen molar-refractivity contribution in [3.8, 4) is 9.88 Å². The van der Waals surface area contributed by atoms with Gasteiger partial charge in [-0.25, -0.2) is 0 Å². The van der Waals surface area contributed by atoms with E-state index in [9.17, 15) is 4.79 Å². The smallest absolute Gasteiger partial charge is 0.229 e. The predicted molar refractivity (Wildman–Crippen MR) is 111 cm³/mol. The van der Waals surface area contributed by atoms with Crippen LogP contribution in [0.1, 0.15) is 34.6 Å². The zero-order chi connectivity index (χ0) is 18.4. The fourth-order valence-electron chi connectivity index (χ4n) is 3.30. The molecule has 1 N–H and O–H groups in total. The van der Waals surface area contributed by atoms with Gasteiger partial charge in [0.15, 0.2) is 5.01 Å². The molecule has 1 aromatic carbocycles. The average Bonchev–Trinajstić information content (AvgIpc) is 3.13. The summed E-state index contributed by atoms with van der Waals surface area (Å²) in [6, 6.07) is 8.60. The Hall–Kier alpha value is -1.57. The van der Waals surface area contributed by atoms with E-state index in [0.717, 1.165) is 25.7 Å². The lowest BCUT2D eigenvalue weighted by atomic mass is 10.0. The van der Waals surface area contributed by atoms with Crippen LogP contribution >= 0.6 is 38.6 Å². The molecule has 0 spiro atoms. The summed E-state index contributed by atoms with van der Waals surface area (Å²) in [6.45, 7) is 6.25. The van der Waals surface area contributed by atoms with Crippen LogP contribution in [-0.2, 0) is 4.79 Å². The van der Waals surface area contributed by atoms with Gasteiger partial charge in [-0.1, -0.05) is 40.7 Å². The number of halogens is 1. The van der Waals surface area contributed by atoms with Gasteiger partial charge >= 0.3 is 0 Å². The summed E-state index contributed by atoms with van der Waals surface area (Å²) in [5.74, 6) is 0.388. The molecule has 2 unspecified atom stereocenters. The Labute approximate surface area is 168 Å². The Balaban J connectivity index is 1.44. The van der Waals surface area contributed by atoms with Crippen LogP contribution in [0.5, 0.6) is 0 Å². The van der Waals surface area contributed by atoms with Crippen molar-refractivity contribution >= 4 is 49.6 Å². The molecule has 0 radical (unpaired) electrons. The largest absolute Gasteiger partial charge is 0.300 e. The van der Waals surface area contributed by atoms with E-state index in [1.54, 1.807) is 11.3 Å². The number of rotatable bonds is 4. The first kappa shape index (κ1) is 17.8. The highest BCUT2D eigenvalue weighted by Crippen LogP contribution is 2.48. The molecule has 1 amide bonds. The van der Waals surface area contributed by atoms with Gasteiger partial charge in [-0.3, -0.25) is 4.79 Å². The van der Waals surface area contributed by atoms with Crippen molar-refractivity contribution < 1.29 is 4.79 Å². The third kappa shape index (κ3) is 3.61. The number of aromatic nitrogens is 2. The quantitative estimate of drug-likeness (QED) is 0.557. The van der Waals surface area contributed by atoms with Crippen molar-refractivity contribution in [2.75, 3.05) is 5.32 Å². The summed E-state index contributed by atoms with van der Waals surface area (Å²) >= 11 is 6.55. The molecular weight excluding hydrogens is 430 g/mol. The lowest BCUT2D eigenvalue weighted by molar-refractivity contribution is -0.117. The molecule has 2 heterocycles. The third-order valence-electron chi connectivity index (χ3n) is 4.54. The van der Waals surface area contributed by atoms with Crippen molar-refractivity contribution in [2.24, 2.45) is 5.92 Å². The van der Waals surface area contributed by atoms with Crippen LogP contribution in [0.15, 0.2) is 28.1 Å². The fourth-order valence-corrected chi connectivity index (χ4v) is 5.91. The van der Waals surface area contributed by atoms with Crippen LogP contribution in [0.25, 0.3) is 9.88 Å². The Morgan fingerprint density at radius 2 is 1.85 bits per heavy atom. The van der Waals surface area contributed by atoms with Crippen LogP contribution in [0, 0.1) is 26.7 Å². The number of amides is 1. The van der Waals surface area contributed by atoms with E-state index in [-0.39, 0.29) is 11.8 Å². The van der Waals surface area contributed by atoms with Gasteiger partial charge in [0.1, 0.15) is 0 Å². The van der Waals surface area contributed by atoms with Crippen LogP contribution in [0.4, 0.5) is 5.13 Å². The first-order valence-electron chi connectivity index (χ1n) is 8.39. The highest BCUT2D eigenvalue weighted by atomic mass is 79.9. The van der Waals surface area contributed by atoms with Crippen molar-refractivity contribution in [1.29, 1.82) is 0 Å². The van der Waals surface area contributed by atoms with Gasteiger partial charge in [-0.2, -0.15) is 0 Å². The number of aryl methyl sites for hydroxylation is 3. The number of nitrogens with one attached hydrogen (secondary N) is 1. The van der Waals surface area contributed by atoms with Crippen molar-refractivity contribution in [3.05, 3.63) is 50.3 Å². The first-order valence-corrected chi connectivity index (χ1v) is 10.8. The molecule has 2 atom stereocenters. The molecule has 0 saturated heterocycles. The highest BCUT2D eigenvalue weighted by Gasteiger charge is 2.44.